The molecule has 0 aromatic heterocycles. The molecule has 0 spiro atoms. The predicted octanol–water partition coefficient (Wildman–Crippen LogP) is 2.42. The standard InChI is InChI=1S/C14H20BrNO3/c15-11-3-1-4-12(7-11)16-8-13(17)9-18-10-14-5-2-6-19-14/h1,3-4,7,13-14,16-17H,2,5-6,8-10H2. The highest BCUT2D eigenvalue weighted by atomic mass is 79.9. The van der Waals surface area contributed by atoms with E-state index in [-0.39, 0.29) is 6.10 Å². The molecule has 1 aliphatic heterocycles. The molecule has 2 atom stereocenters. The lowest BCUT2D eigenvalue weighted by Gasteiger charge is -2.15. The second kappa shape index (κ2) is 7.85. The van der Waals surface area contributed by atoms with E-state index in [1.165, 1.54) is 0 Å². The van der Waals surface area contributed by atoms with E-state index >= 15 is 0 Å². The van der Waals surface area contributed by atoms with Crippen molar-refractivity contribution in [2.75, 3.05) is 31.7 Å². The van der Waals surface area contributed by atoms with Gasteiger partial charge in [-0.1, -0.05) is 22.0 Å². The van der Waals surface area contributed by atoms with E-state index in [1.807, 2.05) is 24.3 Å². The van der Waals surface area contributed by atoms with E-state index in [0.29, 0.717) is 19.8 Å². The van der Waals surface area contributed by atoms with Crippen LogP contribution in [-0.2, 0) is 9.47 Å². The highest BCUT2D eigenvalue weighted by molar-refractivity contribution is 9.10. The van der Waals surface area contributed by atoms with Gasteiger partial charge in [-0.2, -0.15) is 0 Å². The molecule has 1 heterocycles. The molecule has 0 bridgehead atoms. The van der Waals surface area contributed by atoms with Crippen LogP contribution in [0.25, 0.3) is 0 Å². The predicted molar refractivity (Wildman–Crippen MR) is 78.4 cm³/mol. The number of ether oxygens (including phenoxy) is 2. The smallest absolute Gasteiger partial charge is 0.0945 e. The maximum absolute atomic E-state index is 9.81. The number of hydrogen-bond acceptors (Lipinski definition) is 4. The molecule has 1 aromatic rings. The van der Waals surface area contributed by atoms with Gasteiger partial charge < -0.3 is 19.9 Å². The Hall–Kier alpha value is -0.620. The summed E-state index contributed by atoms with van der Waals surface area (Å²) < 4.78 is 11.9. The van der Waals surface area contributed by atoms with Crippen LogP contribution >= 0.6 is 15.9 Å². The Labute approximate surface area is 122 Å². The van der Waals surface area contributed by atoms with Crippen molar-refractivity contribution in [2.45, 2.75) is 25.0 Å². The zero-order chi connectivity index (χ0) is 13.5. The van der Waals surface area contributed by atoms with Crippen molar-refractivity contribution in [2.24, 2.45) is 0 Å². The number of aliphatic hydroxyl groups is 1. The Morgan fingerprint density at radius 3 is 3.16 bits per heavy atom. The first-order chi connectivity index (χ1) is 9.24. The number of anilines is 1. The zero-order valence-corrected chi connectivity index (χ0v) is 12.4. The number of benzene rings is 1. The Morgan fingerprint density at radius 1 is 1.53 bits per heavy atom. The summed E-state index contributed by atoms with van der Waals surface area (Å²) in [5, 5.41) is 13.0. The third-order valence-corrected chi connectivity index (χ3v) is 3.50. The molecule has 2 rings (SSSR count). The number of aliphatic hydroxyl groups excluding tert-OH is 1. The molecule has 2 unspecified atom stereocenters. The number of hydrogen-bond donors (Lipinski definition) is 2. The summed E-state index contributed by atoms with van der Waals surface area (Å²) in [6.07, 6.45) is 1.87. The van der Waals surface area contributed by atoms with Gasteiger partial charge in [0.1, 0.15) is 0 Å². The molecule has 0 saturated carbocycles. The normalized spacial score (nSPS) is 20.4. The van der Waals surface area contributed by atoms with Gasteiger partial charge in [-0.3, -0.25) is 0 Å². The number of nitrogens with one attached hydrogen (secondary N) is 1. The fourth-order valence-electron chi connectivity index (χ4n) is 2.00. The van der Waals surface area contributed by atoms with Crippen molar-refractivity contribution >= 4 is 21.6 Å². The quantitative estimate of drug-likeness (QED) is 0.806. The molecule has 0 amide bonds. The molecule has 1 aliphatic rings. The first-order valence-electron chi connectivity index (χ1n) is 6.61. The molecule has 19 heavy (non-hydrogen) atoms. The third-order valence-electron chi connectivity index (χ3n) is 3.00. The molecule has 1 saturated heterocycles. The summed E-state index contributed by atoms with van der Waals surface area (Å²) in [6.45, 7) is 2.22. The van der Waals surface area contributed by atoms with Crippen LogP contribution in [0.2, 0.25) is 0 Å². The second-order valence-corrected chi connectivity index (χ2v) is 5.63. The second-order valence-electron chi connectivity index (χ2n) is 4.72. The van der Waals surface area contributed by atoms with Gasteiger partial charge in [-0.15, -0.1) is 0 Å². The van der Waals surface area contributed by atoms with Gasteiger partial charge in [0.2, 0.25) is 0 Å². The van der Waals surface area contributed by atoms with E-state index in [4.69, 9.17) is 9.47 Å². The van der Waals surface area contributed by atoms with Crippen LogP contribution in [0.1, 0.15) is 12.8 Å². The molecule has 2 N–H and O–H groups in total. The fraction of sp³-hybridized carbons (Fsp3) is 0.571. The monoisotopic (exact) mass is 329 g/mol. The summed E-state index contributed by atoms with van der Waals surface area (Å²) >= 11 is 3.41. The van der Waals surface area contributed by atoms with Gasteiger partial charge in [0, 0.05) is 23.3 Å². The number of halogens is 1. The van der Waals surface area contributed by atoms with Crippen LogP contribution in [0.3, 0.4) is 0 Å². The molecular formula is C14H20BrNO3. The zero-order valence-electron chi connectivity index (χ0n) is 10.8. The van der Waals surface area contributed by atoms with Gasteiger partial charge in [0.25, 0.3) is 0 Å². The Morgan fingerprint density at radius 2 is 2.42 bits per heavy atom. The molecule has 5 heteroatoms. The maximum Gasteiger partial charge on any atom is 0.0945 e. The first kappa shape index (κ1) is 14.8. The SMILES string of the molecule is OC(CNc1cccc(Br)c1)COCC1CCCO1. The van der Waals surface area contributed by atoms with E-state index in [9.17, 15) is 5.11 Å². The van der Waals surface area contributed by atoms with Crippen molar-refractivity contribution < 1.29 is 14.6 Å². The molecule has 0 radical (unpaired) electrons. The lowest BCUT2D eigenvalue weighted by Crippen LogP contribution is -2.27. The van der Waals surface area contributed by atoms with Crippen LogP contribution in [0.5, 0.6) is 0 Å². The third kappa shape index (κ3) is 5.48. The summed E-state index contributed by atoms with van der Waals surface area (Å²) in [5.74, 6) is 0. The maximum atomic E-state index is 9.81. The summed E-state index contributed by atoms with van der Waals surface area (Å²) in [4.78, 5) is 0. The minimum absolute atomic E-state index is 0.213. The Balaban J connectivity index is 1.60. The number of rotatable bonds is 7. The van der Waals surface area contributed by atoms with E-state index in [2.05, 4.69) is 21.2 Å². The molecule has 0 aliphatic carbocycles. The van der Waals surface area contributed by atoms with Crippen molar-refractivity contribution in [3.63, 3.8) is 0 Å². The van der Waals surface area contributed by atoms with E-state index < -0.39 is 6.10 Å². The fourth-order valence-corrected chi connectivity index (χ4v) is 2.40. The topological polar surface area (TPSA) is 50.7 Å². The summed E-state index contributed by atoms with van der Waals surface area (Å²) in [5.41, 5.74) is 0.979. The van der Waals surface area contributed by atoms with Gasteiger partial charge in [0.15, 0.2) is 0 Å². The van der Waals surface area contributed by atoms with Crippen LogP contribution < -0.4 is 5.32 Å². The highest BCUT2D eigenvalue weighted by Crippen LogP contribution is 2.15. The Bertz CT molecular complexity index is 383. The largest absolute Gasteiger partial charge is 0.389 e. The molecular weight excluding hydrogens is 310 g/mol. The lowest BCUT2D eigenvalue weighted by molar-refractivity contribution is -0.0137. The van der Waals surface area contributed by atoms with Gasteiger partial charge in [-0.05, 0) is 31.0 Å². The van der Waals surface area contributed by atoms with Crippen molar-refractivity contribution in [1.82, 2.24) is 0 Å². The Kier molecular flexibility index (Phi) is 6.10. The minimum Gasteiger partial charge on any atom is -0.389 e. The van der Waals surface area contributed by atoms with Crippen LogP contribution in [0, 0.1) is 0 Å². The van der Waals surface area contributed by atoms with Gasteiger partial charge >= 0.3 is 0 Å². The van der Waals surface area contributed by atoms with Crippen LogP contribution in [0.15, 0.2) is 28.7 Å². The molecule has 1 aromatic carbocycles. The average molecular weight is 330 g/mol. The first-order valence-corrected chi connectivity index (χ1v) is 7.40. The molecule has 1 fully saturated rings. The highest BCUT2D eigenvalue weighted by Gasteiger charge is 2.16. The molecule has 106 valence electrons. The van der Waals surface area contributed by atoms with Crippen molar-refractivity contribution in [3.8, 4) is 0 Å². The van der Waals surface area contributed by atoms with Gasteiger partial charge in [-0.25, -0.2) is 0 Å². The summed E-state index contributed by atoms with van der Waals surface area (Å²) in [7, 11) is 0. The van der Waals surface area contributed by atoms with Crippen LogP contribution in [0.4, 0.5) is 5.69 Å². The van der Waals surface area contributed by atoms with E-state index in [1.54, 1.807) is 0 Å². The van der Waals surface area contributed by atoms with Crippen molar-refractivity contribution in [3.05, 3.63) is 28.7 Å². The van der Waals surface area contributed by atoms with Gasteiger partial charge in [0.05, 0.1) is 25.4 Å². The van der Waals surface area contributed by atoms with E-state index in [0.717, 1.165) is 29.6 Å². The van der Waals surface area contributed by atoms with Crippen LogP contribution in [-0.4, -0.2) is 43.7 Å². The molecule has 4 nitrogen and oxygen atoms in total. The summed E-state index contributed by atoms with van der Waals surface area (Å²) in [6, 6.07) is 7.85. The average Bonchev–Trinajstić information content (AvgIpc) is 2.90. The minimum atomic E-state index is -0.514. The lowest BCUT2D eigenvalue weighted by atomic mass is 10.2. The van der Waals surface area contributed by atoms with Crippen molar-refractivity contribution in [1.29, 1.82) is 0 Å².